The number of benzene rings is 1. The molecule has 1 heterocycles. The van der Waals surface area contributed by atoms with E-state index in [0.29, 0.717) is 16.9 Å². The molecule has 0 aliphatic rings. The predicted molar refractivity (Wildman–Crippen MR) is 74.8 cm³/mol. The second kappa shape index (κ2) is 5.58. The first kappa shape index (κ1) is 14.5. The zero-order chi connectivity index (χ0) is 14.9. The van der Waals surface area contributed by atoms with Crippen LogP contribution in [0, 0.1) is 11.6 Å². The van der Waals surface area contributed by atoms with Crippen molar-refractivity contribution in [3.63, 3.8) is 0 Å². The molecule has 0 radical (unpaired) electrons. The van der Waals surface area contributed by atoms with E-state index in [0.717, 1.165) is 11.3 Å². The number of rotatable bonds is 3. The lowest BCUT2D eigenvalue weighted by Gasteiger charge is -2.05. The highest BCUT2D eigenvalue weighted by molar-refractivity contribution is 7.18. The molecule has 0 atom stereocenters. The number of ether oxygens (including phenoxy) is 1. The fourth-order valence-electron chi connectivity index (χ4n) is 1.99. The minimum Gasteiger partial charge on any atom is -0.465 e. The summed E-state index contributed by atoms with van der Waals surface area (Å²) in [7, 11) is 1.23. The molecule has 6 heteroatoms. The highest BCUT2D eigenvalue weighted by atomic mass is 32.1. The number of halogens is 2. The summed E-state index contributed by atoms with van der Waals surface area (Å²) in [6.07, 6.45) is 0.461. The molecular formula is C14H13F2NO2S. The summed E-state index contributed by atoms with van der Waals surface area (Å²) in [5.41, 5.74) is 6.52. The predicted octanol–water partition coefficient (Wildman–Crippen LogP) is 3.62. The molecule has 0 aliphatic heterocycles. The van der Waals surface area contributed by atoms with Crippen molar-refractivity contribution in [1.82, 2.24) is 0 Å². The summed E-state index contributed by atoms with van der Waals surface area (Å²) in [6, 6.07) is 3.63. The van der Waals surface area contributed by atoms with E-state index >= 15 is 0 Å². The monoisotopic (exact) mass is 297 g/mol. The minimum absolute atomic E-state index is 0.156. The molecule has 1 aromatic carbocycles. The fraction of sp³-hybridized carbons (Fsp3) is 0.214. The molecule has 1 aromatic heterocycles. The van der Waals surface area contributed by atoms with Crippen LogP contribution in [0.3, 0.4) is 0 Å². The first-order chi connectivity index (χ1) is 9.51. The zero-order valence-electron chi connectivity index (χ0n) is 11.0. The van der Waals surface area contributed by atoms with Crippen LogP contribution in [0.25, 0.3) is 10.4 Å². The Bertz CT molecular complexity index is 647. The molecule has 0 unspecified atom stereocenters. The van der Waals surface area contributed by atoms with Gasteiger partial charge in [-0.3, -0.25) is 0 Å². The summed E-state index contributed by atoms with van der Waals surface area (Å²) in [4.78, 5) is 12.1. The molecule has 2 N–H and O–H groups in total. The highest BCUT2D eigenvalue weighted by Crippen LogP contribution is 2.41. The van der Waals surface area contributed by atoms with Crippen LogP contribution in [0.4, 0.5) is 14.5 Å². The quantitative estimate of drug-likeness (QED) is 0.880. The van der Waals surface area contributed by atoms with Crippen molar-refractivity contribution < 1.29 is 18.3 Å². The number of methoxy groups -OCH3 is 1. The first-order valence-electron chi connectivity index (χ1n) is 5.95. The van der Waals surface area contributed by atoms with Crippen LogP contribution < -0.4 is 5.73 Å². The van der Waals surface area contributed by atoms with E-state index < -0.39 is 17.6 Å². The summed E-state index contributed by atoms with van der Waals surface area (Å²) in [6.45, 7) is 1.81. The number of thiophene rings is 1. The standard InChI is InChI=1S/C14H13F2NO2S/c1-3-7-11(17)13(14(18)19-2)20-12(7)10-8(15)5-4-6-9(10)16/h4-6H,3,17H2,1-2H3. The maximum atomic E-state index is 13.9. The van der Waals surface area contributed by atoms with E-state index in [9.17, 15) is 13.6 Å². The van der Waals surface area contributed by atoms with Crippen LogP contribution in [0.5, 0.6) is 0 Å². The minimum atomic E-state index is -0.683. The maximum Gasteiger partial charge on any atom is 0.350 e. The van der Waals surface area contributed by atoms with Crippen molar-refractivity contribution in [2.45, 2.75) is 13.3 Å². The van der Waals surface area contributed by atoms with E-state index in [-0.39, 0.29) is 16.1 Å². The van der Waals surface area contributed by atoms with Gasteiger partial charge in [-0.2, -0.15) is 0 Å². The first-order valence-corrected chi connectivity index (χ1v) is 6.76. The third kappa shape index (κ3) is 2.27. The molecule has 0 saturated carbocycles. The molecule has 0 fully saturated rings. The van der Waals surface area contributed by atoms with Gasteiger partial charge >= 0.3 is 5.97 Å². The fourth-order valence-corrected chi connectivity index (χ4v) is 3.27. The lowest BCUT2D eigenvalue weighted by Crippen LogP contribution is -2.02. The Morgan fingerprint density at radius 1 is 1.35 bits per heavy atom. The van der Waals surface area contributed by atoms with E-state index in [1.807, 2.05) is 6.92 Å². The molecule has 0 aliphatic carbocycles. The molecule has 3 nitrogen and oxygen atoms in total. The van der Waals surface area contributed by atoms with Crippen LogP contribution >= 0.6 is 11.3 Å². The largest absolute Gasteiger partial charge is 0.465 e. The number of esters is 1. The van der Waals surface area contributed by atoms with Crippen LogP contribution in [0.15, 0.2) is 18.2 Å². The van der Waals surface area contributed by atoms with Crippen molar-refractivity contribution in [1.29, 1.82) is 0 Å². The Hall–Kier alpha value is -1.95. The Morgan fingerprint density at radius 2 is 1.95 bits per heavy atom. The van der Waals surface area contributed by atoms with Gasteiger partial charge in [0, 0.05) is 4.88 Å². The van der Waals surface area contributed by atoms with Crippen LogP contribution in [0.1, 0.15) is 22.2 Å². The van der Waals surface area contributed by atoms with E-state index in [4.69, 9.17) is 5.73 Å². The van der Waals surface area contributed by atoms with Gasteiger partial charge < -0.3 is 10.5 Å². The van der Waals surface area contributed by atoms with Gasteiger partial charge in [-0.1, -0.05) is 13.0 Å². The van der Waals surface area contributed by atoms with E-state index in [1.54, 1.807) is 0 Å². The normalized spacial score (nSPS) is 10.6. The smallest absolute Gasteiger partial charge is 0.350 e. The van der Waals surface area contributed by atoms with Gasteiger partial charge in [0.05, 0.1) is 18.4 Å². The van der Waals surface area contributed by atoms with Crippen molar-refractivity contribution in [3.8, 4) is 10.4 Å². The summed E-state index contributed by atoms with van der Waals surface area (Å²) in [5.74, 6) is -1.97. The van der Waals surface area contributed by atoms with Gasteiger partial charge in [0.25, 0.3) is 0 Å². The number of carbonyl (C=O) groups is 1. The van der Waals surface area contributed by atoms with Crippen molar-refractivity contribution in [3.05, 3.63) is 40.3 Å². The van der Waals surface area contributed by atoms with Crippen molar-refractivity contribution >= 4 is 23.0 Å². The highest BCUT2D eigenvalue weighted by Gasteiger charge is 2.24. The van der Waals surface area contributed by atoms with Crippen molar-refractivity contribution in [2.75, 3.05) is 12.8 Å². The van der Waals surface area contributed by atoms with Gasteiger partial charge in [-0.15, -0.1) is 11.3 Å². The number of carbonyl (C=O) groups excluding carboxylic acids is 1. The maximum absolute atomic E-state index is 13.9. The molecule has 20 heavy (non-hydrogen) atoms. The third-order valence-corrected chi connectivity index (χ3v) is 4.21. The van der Waals surface area contributed by atoms with Crippen LogP contribution in [-0.2, 0) is 11.2 Å². The van der Waals surface area contributed by atoms with Gasteiger partial charge in [0.1, 0.15) is 16.5 Å². The lowest BCUT2D eigenvalue weighted by molar-refractivity contribution is 0.0607. The lowest BCUT2D eigenvalue weighted by atomic mass is 10.0. The number of anilines is 1. The van der Waals surface area contributed by atoms with Gasteiger partial charge in [0.15, 0.2) is 0 Å². The second-order valence-corrected chi connectivity index (χ2v) is 5.11. The Kier molecular flexibility index (Phi) is 4.04. The van der Waals surface area contributed by atoms with Crippen molar-refractivity contribution in [2.24, 2.45) is 0 Å². The SMILES string of the molecule is CCc1c(-c2c(F)cccc2F)sc(C(=O)OC)c1N. The summed E-state index contributed by atoms with van der Waals surface area (Å²) < 4.78 is 32.4. The number of nitrogens with two attached hydrogens (primary N) is 1. The number of hydrogen-bond acceptors (Lipinski definition) is 4. The molecule has 106 valence electrons. The van der Waals surface area contributed by atoms with Gasteiger partial charge in [0.2, 0.25) is 0 Å². The average Bonchev–Trinajstić information content (AvgIpc) is 2.74. The van der Waals surface area contributed by atoms with Crippen LogP contribution in [0.2, 0.25) is 0 Å². The topological polar surface area (TPSA) is 52.3 Å². The molecule has 2 rings (SSSR count). The third-order valence-electron chi connectivity index (χ3n) is 2.96. The molecule has 0 bridgehead atoms. The molecular weight excluding hydrogens is 284 g/mol. The average molecular weight is 297 g/mol. The summed E-state index contributed by atoms with van der Waals surface area (Å²) in [5, 5.41) is 0. The Balaban J connectivity index is 2.72. The number of hydrogen-bond donors (Lipinski definition) is 1. The molecule has 0 amide bonds. The zero-order valence-corrected chi connectivity index (χ0v) is 11.8. The van der Waals surface area contributed by atoms with Gasteiger partial charge in [-0.25, -0.2) is 13.6 Å². The molecule has 0 saturated heterocycles. The van der Waals surface area contributed by atoms with Gasteiger partial charge in [-0.05, 0) is 24.1 Å². The Labute approximate surface area is 119 Å². The van der Waals surface area contributed by atoms with E-state index in [2.05, 4.69) is 4.74 Å². The Morgan fingerprint density at radius 3 is 2.45 bits per heavy atom. The second-order valence-electron chi connectivity index (χ2n) is 4.09. The molecule has 2 aromatic rings. The molecule has 0 spiro atoms. The number of nitrogen functional groups attached to an aromatic ring is 1. The van der Waals surface area contributed by atoms with E-state index in [1.165, 1.54) is 25.3 Å². The van der Waals surface area contributed by atoms with Crippen LogP contribution in [-0.4, -0.2) is 13.1 Å². The summed E-state index contributed by atoms with van der Waals surface area (Å²) >= 11 is 0.945.